The van der Waals surface area contributed by atoms with E-state index in [2.05, 4.69) is 31.3 Å². The van der Waals surface area contributed by atoms with Crippen LogP contribution in [0.3, 0.4) is 0 Å². The van der Waals surface area contributed by atoms with Gasteiger partial charge < -0.3 is 5.73 Å². The molecule has 1 aliphatic rings. The van der Waals surface area contributed by atoms with Crippen molar-refractivity contribution in [2.75, 3.05) is 0 Å². The maximum atomic E-state index is 10.5. The van der Waals surface area contributed by atoms with E-state index in [-0.39, 0.29) is 0 Å². The number of nitrogens with zero attached hydrogens (tertiary/aromatic N) is 1. The number of carbonyl (C=O) groups is 1. The first-order valence-corrected chi connectivity index (χ1v) is 5.23. The highest BCUT2D eigenvalue weighted by Gasteiger charge is 2.27. The summed E-state index contributed by atoms with van der Waals surface area (Å²) < 4.78 is 0. The molecule has 0 aromatic carbocycles. The molecule has 1 aliphatic carbocycles. The summed E-state index contributed by atoms with van der Waals surface area (Å²) in [4.78, 5) is 10.5. The Morgan fingerprint density at radius 1 is 1.53 bits per heavy atom. The van der Waals surface area contributed by atoms with Crippen molar-refractivity contribution in [2.45, 2.75) is 34.1 Å². The standard InChI is InChI=1S/C11H19N3O/c1-6(2)9-5-10(8(4)7(9)3)13-14-11(12)15/h6,9H,5H2,1-4H3,(H3,12,14,15)/b13-10-. The van der Waals surface area contributed by atoms with Crippen LogP contribution in [0.15, 0.2) is 16.2 Å². The molecule has 0 saturated heterocycles. The average molecular weight is 209 g/mol. The third-order valence-electron chi connectivity index (χ3n) is 3.10. The molecule has 0 radical (unpaired) electrons. The number of nitrogens with two attached hydrogens (primary N) is 1. The molecule has 2 amide bonds. The van der Waals surface area contributed by atoms with Gasteiger partial charge in [0, 0.05) is 0 Å². The van der Waals surface area contributed by atoms with Gasteiger partial charge in [-0.05, 0) is 37.7 Å². The highest BCUT2D eigenvalue weighted by Crippen LogP contribution is 2.34. The zero-order valence-electron chi connectivity index (χ0n) is 9.79. The van der Waals surface area contributed by atoms with Crippen LogP contribution in [0, 0.1) is 11.8 Å². The number of primary amides is 1. The second kappa shape index (κ2) is 4.47. The molecule has 1 unspecified atom stereocenters. The van der Waals surface area contributed by atoms with Crippen LogP contribution in [0.5, 0.6) is 0 Å². The lowest BCUT2D eigenvalue weighted by Gasteiger charge is -2.15. The predicted molar refractivity (Wildman–Crippen MR) is 61.5 cm³/mol. The monoisotopic (exact) mass is 209 g/mol. The summed E-state index contributed by atoms with van der Waals surface area (Å²) in [6, 6.07) is -0.610. The van der Waals surface area contributed by atoms with Gasteiger partial charge in [-0.25, -0.2) is 10.2 Å². The number of allylic oxidation sites excluding steroid dienone is 2. The summed E-state index contributed by atoms with van der Waals surface area (Å²) in [6.07, 6.45) is 0.898. The number of rotatable bonds is 2. The highest BCUT2D eigenvalue weighted by atomic mass is 16.2. The molecular weight excluding hydrogens is 190 g/mol. The minimum Gasteiger partial charge on any atom is -0.350 e. The highest BCUT2D eigenvalue weighted by molar-refractivity contribution is 6.03. The fourth-order valence-corrected chi connectivity index (χ4v) is 2.01. The number of nitrogens with one attached hydrogen (secondary N) is 1. The first kappa shape index (κ1) is 11.8. The molecule has 0 spiro atoms. The number of amides is 2. The van der Waals surface area contributed by atoms with Gasteiger partial charge in [0.25, 0.3) is 0 Å². The van der Waals surface area contributed by atoms with Crippen molar-refractivity contribution in [1.29, 1.82) is 0 Å². The third kappa shape index (κ3) is 2.58. The molecule has 0 fully saturated rings. The Balaban J connectivity index is 2.82. The summed E-state index contributed by atoms with van der Waals surface area (Å²) in [5.41, 5.74) is 10.8. The molecule has 0 saturated carbocycles. The molecule has 0 aliphatic heterocycles. The third-order valence-corrected chi connectivity index (χ3v) is 3.10. The maximum Gasteiger partial charge on any atom is 0.332 e. The van der Waals surface area contributed by atoms with Gasteiger partial charge in [-0.2, -0.15) is 5.10 Å². The van der Waals surface area contributed by atoms with Crippen LogP contribution in [-0.2, 0) is 0 Å². The lowest BCUT2D eigenvalue weighted by atomic mass is 9.90. The van der Waals surface area contributed by atoms with Gasteiger partial charge in [0.15, 0.2) is 0 Å². The number of hydrazone groups is 1. The fourth-order valence-electron chi connectivity index (χ4n) is 2.01. The maximum absolute atomic E-state index is 10.5. The second-order valence-corrected chi connectivity index (χ2v) is 4.40. The lowest BCUT2D eigenvalue weighted by molar-refractivity contribution is 0.249. The van der Waals surface area contributed by atoms with E-state index in [1.165, 1.54) is 11.1 Å². The van der Waals surface area contributed by atoms with Gasteiger partial charge in [0.1, 0.15) is 0 Å². The van der Waals surface area contributed by atoms with Crippen LogP contribution in [-0.4, -0.2) is 11.7 Å². The molecule has 0 aromatic heterocycles. The first-order valence-electron chi connectivity index (χ1n) is 5.23. The Kier molecular flexibility index (Phi) is 3.50. The Labute approximate surface area is 90.6 Å². The largest absolute Gasteiger partial charge is 0.350 e. The minimum atomic E-state index is -0.610. The van der Waals surface area contributed by atoms with Crippen molar-refractivity contribution in [3.63, 3.8) is 0 Å². The fraction of sp³-hybridized carbons (Fsp3) is 0.636. The van der Waals surface area contributed by atoms with E-state index in [0.717, 1.165) is 12.1 Å². The number of hydrogen-bond donors (Lipinski definition) is 2. The number of carbonyl (C=O) groups excluding carboxylic acids is 1. The van der Waals surface area contributed by atoms with E-state index in [4.69, 9.17) is 5.73 Å². The smallest absolute Gasteiger partial charge is 0.332 e. The first-order chi connectivity index (χ1) is 6.93. The molecule has 3 N–H and O–H groups in total. The molecule has 1 rings (SSSR count). The SMILES string of the molecule is CC1=C(C)C(C(C)C)C/C1=N/NC(N)=O. The van der Waals surface area contributed by atoms with Crippen molar-refractivity contribution < 1.29 is 4.79 Å². The Morgan fingerprint density at radius 2 is 2.13 bits per heavy atom. The van der Waals surface area contributed by atoms with Crippen LogP contribution in [0.2, 0.25) is 0 Å². The molecule has 15 heavy (non-hydrogen) atoms. The van der Waals surface area contributed by atoms with E-state index in [1.54, 1.807) is 0 Å². The predicted octanol–water partition coefficient (Wildman–Crippen LogP) is 2.02. The van der Waals surface area contributed by atoms with E-state index < -0.39 is 6.03 Å². The summed E-state index contributed by atoms with van der Waals surface area (Å²) in [6.45, 7) is 8.57. The van der Waals surface area contributed by atoms with Crippen LogP contribution in [0.4, 0.5) is 4.79 Å². The molecule has 0 aromatic rings. The molecule has 84 valence electrons. The zero-order valence-corrected chi connectivity index (χ0v) is 9.79. The van der Waals surface area contributed by atoms with E-state index >= 15 is 0 Å². The van der Waals surface area contributed by atoms with E-state index in [0.29, 0.717) is 11.8 Å². The van der Waals surface area contributed by atoms with Gasteiger partial charge in [-0.1, -0.05) is 19.4 Å². The van der Waals surface area contributed by atoms with Gasteiger partial charge in [0.05, 0.1) is 5.71 Å². The average Bonchev–Trinajstić information content (AvgIpc) is 2.41. The van der Waals surface area contributed by atoms with Crippen LogP contribution in [0.25, 0.3) is 0 Å². The lowest BCUT2D eigenvalue weighted by Crippen LogP contribution is -2.25. The Bertz CT molecular complexity index is 329. The normalized spacial score (nSPS) is 24.1. The summed E-state index contributed by atoms with van der Waals surface area (Å²) in [7, 11) is 0. The van der Waals surface area contributed by atoms with Crippen molar-refractivity contribution in [2.24, 2.45) is 22.7 Å². The minimum absolute atomic E-state index is 0.540. The van der Waals surface area contributed by atoms with Crippen molar-refractivity contribution in [3.8, 4) is 0 Å². The van der Waals surface area contributed by atoms with Gasteiger partial charge in [0.2, 0.25) is 0 Å². The second-order valence-electron chi connectivity index (χ2n) is 4.40. The Morgan fingerprint density at radius 3 is 2.53 bits per heavy atom. The number of urea groups is 1. The molecular formula is C11H19N3O. The van der Waals surface area contributed by atoms with Gasteiger partial charge >= 0.3 is 6.03 Å². The van der Waals surface area contributed by atoms with Crippen LogP contribution >= 0.6 is 0 Å². The van der Waals surface area contributed by atoms with Crippen LogP contribution < -0.4 is 11.2 Å². The molecule has 4 heteroatoms. The molecule has 0 heterocycles. The summed E-state index contributed by atoms with van der Waals surface area (Å²) in [5, 5.41) is 4.02. The van der Waals surface area contributed by atoms with Crippen molar-refractivity contribution >= 4 is 11.7 Å². The topological polar surface area (TPSA) is 67.5 Å². The molecule has 0 bridgehead atoms. The summed E-state index contributed by atoms with van der Waals surface area (Å²) >= 11 is 0. The quantitative estimate of drug-likeness (QED) is 0.671. The van der Waals surface area contributed by atoms with E-state index in [9.17, 15) is 4.79 Å². The number of hydrogen-bond acceptors (Lipinski definition) is 2. The van der Waals surface area contributed by atoms with Gasteiger partial charge in [-0.15, -0.1) is 0 Å². The van der Waals surface area contributed by atoms with Crippen molar-refractivity contribution in [3.05, 3.63) is 11.1 Å². The Hall–Kier alpha value is -1.32. The van der Waals surface area contributed by atoms with E-state index in [1.807, 2.05) is 6.92 Å². The molecule has 4 nitrogen and oxygen atoms in total. The summed E-state index contributed by atoms with van der Waals surface area (Å²) in [5.74, 6) is 1.14. The zero-order chi connectivity index (χ0) is 11.6. The molecule has 1 atom stereocenters. The van der Waals surface area contributed by atoms with Crippen molar-refractivity contribution in [1.82, 2.24) is 5.43 Å². The van der Waals surface area contributed by atoms with Crippen LogP contribution in [0.1, 0.15) is 34.1 Å². The van der Waals surface area contributed by atoms with Gasteiger partial charge in [-0.3, -0.25) is 0 Å².